The molecule has 2 atom stereocenters. The Morgan fingerprint density at radius 3 is 3.00 bits per heavy atom. The average molecular weight is 291 g/mol. The highest BCUT2D eigenvalue weighted by Gasteiger charge is 2.35. The summed E-state index contributed by atoms with van der Waals surface area (Å²) in [5, 5.41) is 2.64. The minimum atomic E-state index is -0.449. The van der Waals surface area contributed by atoms with Gasteiger partial charge in [-0.05, 0) is 56.3 Å². The Bertz CT molecular complexity index is 534. The summed E-state index contributed by atoms with van der Waals surface area (Å²) in [7, 11) is 0. The van der Waals surface area contributed by atoms with Gasteiger partial charge in [0.15, 0.2) is 0 Å². The van der Waals surface area contributed by atoms with Crippen molar-refractivity contribution in [2.45, 2.75) is 38.1 Å². The molecule has 3 rings (SSSR count). The SMILES string of the molecule is Nc1ccc(F)c(NC(=O)CN2CCCC3CCCC32)c1. The molecule has 3 N–H and O–H groups in total. The summed E-state index contributed by atoms with van der Waals surface area (Å²) in [6, 6.07) is 4.76. The van der Waals surface area contributed by atoms with Crippen molar-refractivity contribution in [3.8, 4) is 0 Å². The Morgan fingerprint density at radius 1 is 1.33 bits per heavy atom. The molecule has 1 aromatic rings. The number of nitrogens with two attached hydrogens (primary N) is 1. The number of piperidine rings is 1. The zero-order valence-corrected chi connectivity index (χ0v) is 12.1. The van der Waals surface area contributed by atoms with Crippen molar-refractivity contribution in [3.05, 3.63) is 24.0 Å². The summed E-state index contributed by atoms with van der Waals surface area (Å²) >= 11 is 0. The summed E-state index contributed by atoms with van der Waals surface area (Å²) in [6.45, 7) is 1.31. The molecule has 1 saturated carbocycles. The third-order valence-corrected chi connectivity index (χ3v) is 4.72. The molecule has 2 fully saturated rings. The number of likely N-dealkylation sites (tertiary alicyclic amines) is 1. The molecule has 2 aliphatic rings. The highest BCUT2D eigenvalue weighted by Crippen LogP contribution is 2.36. The minimum absolute atomic E-state index is 0.160. The van der Waals surface area contributed by atoms with Crippen molar-refractivity contribution in [3.63, 3.8) is 0 Å². The molecule has 1 aromatic carbocycles. The zero-order valence-electron chi connectivity index (χ0n) is 12.1. The van der Waals surface area contributed by atoms with Crippen LogP contribution in [0.2, 0.25) is 0 Å². The number of anilines is 2. The molecule has 0 radical (unpaired) electrons. The van der Waals surface area contributed by atoms with Gasteiger partial charge in [0.2, 0.25) is 5.91 Å². The van der Waals surface area contributed by atoms with Crippen LogP contribution in [0.15, 0.2) is 18.2 Å². The number of carbonyl (C=O) groups is 1. The second-order valence-electron chi connectivity index (χ2n) is 6.16. The maximum Gasteiger partial charge on any atom is 0.238 e. The fraction of sp³-hybridized carbons (Fsp3) is 0.562. The van der Waals surface area contributed by atoms with Crippen molar-refractivity contribution in [2.24, 2.45) is 5.92 Å². The van der Waals surface area contributed by atoms with Crippen LogP contribution in [0.25, 0.3) is 0 Å². The van der Waals surface area contributed by atoms with Gasteiger partial charge >= 0.3 is 0 Å². The predicted molar refractivity (Wildman–Crippen MR) is 81.4 cm³/mol. The molecule has 21 heavy (non-hydrogen) atoms. The van der Waals surface area contributed by atoms with Crippen LogP contribution in [0.3, 0.4) is 0 Å². The number of nitrogens with one attached hydrogen (secondary N) is 1. The van der Waals surface area contributed by atoms with Crippen LogP contribution in [0.5, 0.6) is 0 Å². The van der Waals surface area contributed by atoms with Crippen LogP contribution in [-0.4, -0.2) is 29.9 Å². The number of halogens is 1. The van der Waals surface area contributed by atoms with Gasteiger partial charge in [-0.3, -0.25) is 9.69 Å². The smallest absolute Gasteiger partial charge is 0.238 e. The number of hydrogen-bond acceptors (Lipinski definition) is 3. The van der Waals surface area contributed by atoms with Crippen molar-refractivity contribution >= 4 is 17.3 Å². The average Bonchev–Trinajstić information content (AvgIpc) is 2.92. The first-order valence-corrected chi connectivity index (χ1v) is 7.72. The number of hydrogen-bond donors (Lipinski definition) is 2. The number of nitrogens with zero attached hydrogens (tertiary/aromatic N) is 1. The third kappa shape index (κ3) is 3.18. The van der Waals surface area contributed by atoms with Gasteiger partial charge < -0.3 is 11.1 Å². The second kappa shape index (κ2) is 6.02. The number of rotatable bonds is 3. The molecule has 1 saturated heterocycles. The highest BCUT2D eigenvalue weighted by atomic mass is 19.1. The molecule has 0 bridgehead atoms. The number of benzene rings is 1. The summed E-state index contributed by atoms with van der Waals surface area (Å²) in [4.78, 5) is 14.4. The van der Waals surface area contributed by atoms with Gasteiger partial charge in [-0.2, -0.15) is 0 Å². The van der Waals surface area contributed by atoms with E-state index in [1.165, 1.54) is 43.9 Å². The molecule has 1 heterocycles. The summed E-state index contributed by atoms with van der Waals surface area (Å²) in [5.41, 5.74) is 6.24. The number of fused-ring (bicyclic) bond motifs is 1. The van der Waals surface area contributed by atoms with Crippen LogP contribution < -0.4 is 11.1 Å². The fourth-order valence-electron chi connectivity index (χ4n) is 3.77. The normalized spacial score (nSPS) is 25.6. The Balaban J connectivity index is 1.62. The number of carbonyl (C=O) groups excluding carboxylic acids is 1. The largest absolute Gasteiger partial charge is 0.399 e. The lowest BCUT2D eigenvalue weighted by Gasteiger charge is -2.37. The Labute approximate surface area is 124 Å². The van der Waals surface area contributed by atoms with Gasteiger partial charge in [-0.25, -0.2) is 4.39 Å². The molecule has 0 aromatic heterocycles. The third-order valence-electron chi connectivity index (χ3n) is 4.72. The van der Waals surface area contributed by atoms with Gasteiger partial charge in [0.25, 0.3) is 0 Å². The zero-order chi connectivity index (χ0) is 14.8. The van der Waals surface area contributed by atoms with Gasteiger partial charge in [0.05, 0.1) is 12.2 Å². The van der Waals surface area contributed by atoms with E-state index in [0.29, 0.717) is 18.3 Å². The molecule has 1 amide bonds. The second-order valence-corrected chi connectivity index (χ2v) is 6.16. The van der Waals surface area contributed by atoms with Gasteiger partial charge in [0.1, 0.15) is 5.82 Å². The van der Waals surface area contributed by atoms with E-state index in [1.54, 1.807) is 0 Å². The van der Waals surface area contributed by atoms with E-state index in [-0.39, 0.29) is 11.6 Å². The van der Waals surface area contributed by atoms with E-state index in [0.717, 1.165) is 18.9 Å². The molecule has 114 valence electrons. The van der Waals surface area contributed by atoms with Gasteiger partial charge in [0, 0.05) is 11.7 Å². The van der Waals surface area contributed by atoms with Crippen LogP contribution in [0.1, 0.15) is 32.1 Å². The van der Waals surface area contributed by atoms with Gasteiger partial charge in [-0.15, -0.1) is 0 Å². The summed E-state index contributed by atoms with van der Waals surface area (Å²) < 4.78 is 13.6. The predicted octanol–water partition coefficient (Wildman–Crippen LogP) is 2.61. The maximum atomic E-state index is 13.6. The standard InChI is InChI=1S/C16H22FN3O/c17-13-7-6-12(18)9-14(13)19-16(21)10-20-8-2-4-11-3-1-5-15(11)20/h6-7,9,11,15H,1-5,8,10,18H2,(H,19,21). The van der Waals surface area contributed by atoms with Crippen molar-refractivity contribution in [1.82, 2.24) is 4.90 Å². The van der Waals surface area contributed by atoms with E-state index < -0.39 is 5.82 Å². The van der Waals surface area contributed by atoms with E-state index in [9.17, 15) is 9.18 Å². The van der Waals surface area contributed by atoms with E-state index >= 15 is 0 Å². The Morgan fingerprint density at radius 2 is 2.14 bits per heavy atom. The molecular weight excluding hydrogens is 269 g/mol. The lowest BCUT2D eigenvalue weighted by atomic mass is 9.92. The summed E-state index contributed by atoms with van der Waals surface area (Å²) in [6.07, 6.45) is 6.17. The van der Waals surface area contributed by atoms with Crippen molar-refractivity contribution in [2.75, 3.05) is 24.1 Å². The number of amides is 1. The quantitative estimate of drug-likeness (QED) is 0.842. The Hall–Kier alpha value is -1.62. The van der Waals surface area contributed by atoms with E-state index in [4.69, 9.17) is 5.73 Å². The molecule has 1 aliphatic heterocycles. The highest BCUT2D eigenvalue weighted by molar-refractivity contribution is 5.92. The first-order valence-electron chi connectivity index (χ1n) is 7.72. The number of nitrogen functional groups attached to an aromatic ring is 1. The van der Waals surface area contributed by atoms with E-state index in [2.05, 4.69) is 10.2 Å². The van der Waals surface area contributed by atoms with Crippen molar-refractivity contribution < 1.29 is 9.18 Å². The molecule has 2 unspecified atom stereocenters. The first kappa shape index (κ1) is 14.3. The van der Waals surface area contributed by atoms with Crippen LogP contribution in [0, 0.1) is 11.7 Å². The lowest BCUT2D eigenvalue weighted by Crippen LogP contribution is -2.46. The molecule has 5 heteroatoms. The lowest BCUT2D eigenvalue weighted by molar-refractivity contribution is -0.118. The first-order chi connectivity index (χ1) is 10.1. The topological polar surface area (TPSA) is 58.4 Å². The minimum Gasteiger partial charge on any atom is -0.399 e. The molecule has 1 aliphatic carbocycles. The molecule has 4 nitrogen and oxygen atoms in total. The van der Waals surface area contributed by atoms with Crippen LogP contribution in [-0.2, 0) is 4.79 Å². The maximum absolute atomic E-state index is 13.6. The van der Waals surface area contributed by atoms with E-state index in [1.807, 2.05) is 0 Å². The van der Waals surface area contributed by atoms with Gasteiger partial charge in [-0.1, -0.05) is 6.42 Å². The van der Waals surface area contributed by atoms with Crippen molar-refractivity contribution in [1.29, 1.82) is 0 Å². The van der Waals surface area contributed by atoms with Crippen LogP contribution in [0.4, 0.5) is 15.8 Å². The Kier molecular flexibility index (Phi) is 4.10. The molecular formula is C16H22FN3O. The van der Waals surface area contributed by atoms with Crippen LogP contribution >= 0.6 is 0 Å². The monoisotopic (exact) mass is 291 g/mol. The fourth-order valence-corrected chi connectivity index (χ4v) is 3.77. The summed E-state index contributed by atoms with van der Waals surface area (Å²) in [5.74, 6) is 0.137. The molecule has 0 spiro atoms.